The third-order valence-electron chi connectivity index (χ3n) is 2.92. The van der Waals surface area contributed by atoms with Gasteiger partial charge in [-0.1, -0.05) is 12.1 Å². The molecule has 0 radical (unpaired) electrons. The minimum absolute atomic E-state index is 0.0680. The first kappa shape index (κ1) is 13.7. The highest BCUT2D eigenvalue weighted by Gasteiger charge is 2.15. The summed E-state index contributed by atoms with van der Waals surface area (Å²) in [6.07, 6.45) is 1.46. The molecule has 0 bridgehead atoms. The summed E-state index contributed by atoms with van der Waals surface area (Å²) < 4.78 is 0. The minimum atomic E-state index is -1.08. The molecule has 1 amide bonds. The topological polar surface area (TPSA) is 79.3 Å². The number of carboxylic acids is 1. The number of aromatic nitrogens is 1. The van der Waals surface area contributed by atoms with Gasteiger partial charge in [-0.2, -0.15) is 0 Å². The molecule has 0 atom stereocenters. The number of pyridine rings is 1. The molecule has 2 N–H and O–H groups in total. The number of hydrogen-bond acceptors (Lipinski definition) is 3. The predicted octanol–water partition coefficient (Wildman–Crippen LogP) is 2.65. The summed E-state index contributed by atoms with van der Waals surface area (Å²) in [5.74, 6) is -1.46. The lowest BCUT2D eigenvalue weighted by Crippen LogP contribution is -2.16. The molecule has 1 aromatic carbocycles. The highest BCUT2D eigenvalue weighted by molar-refractivity contribution is 6.08. The van der Waals surface area contributed by atoms with Crippen molar-refractivity contribution in [3.05, 3.63) is 58.9 Å². The van der Waals surface area contributed by atoms with Crippen molar-refractivity contribution < 1.29 is 14.7 Å². The number of hydrogen-bond donors (Lipinski definition) is 2. The van der Waals surface area contributed by atoms with Crippen LogP contribution in [0.2, 0.25) is 0 Å². The normalized spacial score (nSPS) is 10.1. The number of carbonyl (C=O) groups excluding carboxylic acids is 1. The van der Waals surface area contributed by atoms with Crippen molar-refractivity contribution in [2.75, 3.05) is 5.32 Å². The Morgan fingerprint density at radius 2 is 1.90 bits per heavy atom. The van der Waals surface area contributed by atoms with E-state index in [9.17, 15) is 9.59 Å². The predicted molar refractivity (Wildman–Crippen MR) is 75.1 cm³/mol. The number of aromatic carboxylic acids is 1. The fourth-order valence-electron chi connectivity index (χ4n) is 1.80. The highest BCUT2D eigenvalue weighted by atomic mass is 16.4. The number of aryl methyl sites for hydroxylation is 2. The largest absolute Gasteiger partial charge is 0.478 e. The van der Waals surface area contributed by atoms with Gasteiger partial charge < -0.3 is 10.4 Å². The van der Waals surface area contributed by atoms with Crippen LogP contribution in [0.3, 0.4) is 0 Å². The third-order valence-corrected chi connectivity index (χ3v) is 2.92. The number of nitrogens with zero attached hydrogens (tertiary/aromatic N) is 1. The SMILES string of the molecule is Cc1ccc(C(=O)Nc2c(C)cccc2C(=O)O)cn1. The van der Waals surface area contributed by atoms with Crippen LogP contribution in [0.4, 0.5) is 5.69 Å². The molecule has 0 saturated heterocycles. The lowest BCUT2D eigenvalue weighted by atomic mass is 10.1. The minimum Gasteiger partial charge on any atom is -0.478 e. The zero-order chi connectivity index (χ0) is 14.7. The maximum atomic E-state index is 12.1. The number of nitrogens with one attached hydrogen (secondary N) is 1. The van der Waals surface area contributed by atoms with Gasteiger partial charge in [-0.15, -0.1) is 0 Å². The molecule has 0 aliphatic heterocycles. The van der Waals surface area contributed by atoms with Crippen molar-refractivity contribution in [3.8, 4) is 0 Å². The smallest absolute Gasteiger partial charge is 0.337 e. The van der Waals surface area contributed by atoms with Crippen LogP contribution in [-0.2, 0) is 0 Å². The van der Waals surface area contributed by atoms with E-state index in [-0.39, 0.29) is 11.5 Å². The van der Waals surface area contributed by atoms with Gasteiger partial charge in [-0.3, -0.25) is 9.78 Å². The second-order valence-corrected chi connectivity index (χ2v) is 4.45. The first-order valence-electron chi connectivity index (χ1n) is 6.06. The van der Waals surface area contributed by atoms with Crippen LogP contribution in [-0.4, -0.2) is 22.0 Å². The van der Waals surface area contributed by atoms with Gasteiger partial charge in [0, 0.05) is 11.9 Å². The van der Waals surface area contributed by atoms with Crippen LogP contribution < -0.4 is 5.32 Å². The molecule has 0 saturated carbocycles. The van der Waals surface area contributed by atoms with Gasteiger partial charge in [0.2, 0.25) is 0 Å². The molecule has 20 heavy (non-hydrogen) atoms. The van der Waals surface area contributed by atoms with Crippen molar-refractivity contribution >= 4 is 17.6 Å². The molecule has 1 aromatic heterocycles. The van der Waals surface area contributed by atoms with Crippen LogP contribution in [0.25, 0.3) is 0 Å². The van der Waals surface area contributed by atoms with E-state index in [2.05, 4.69) is 10.3 Å². The van der Waals surface area contributed by atoms with Gasteiger partial charge in [-0.25, -0.2) is 4.79 Å². The molecular weight excluding hydrogens is 256 g/mol. The number of rotatable bonds is 3. The highest BCUT2D eigenvalue weighted by Crippen LogP contribution is 2.21. The van der Waals surface area contributed by atoms with Gasteiger partial charge in [-0.05, 0) is 37.6 Å². The molecule has 2 aromatic rings. The van der Waals surface area contributed by atoms with Crippen molar-refractivity contribution in [1.29, 1.82) is 0 Å². The van der Waals surface area contributed by atoms with E-state index in [4.69, 9.17) is 5.11 Å². The van der Waals surface area contributed by atoms with Crippen molar-refractivity contribution in [2.24, 2.45) is 0 Å². The molecule has 0 unspecified atom stereocenters. The molecule has 1 heterocycles. The average Bonchev–Trinajstić information content (AvgIpc) is 2.41. The molecule has 5 nitrogen and oxygen atoms in total. The first-order valence-corrected chi connectivity index (χ1v) is 6.06. The van der Waals surface area contributed by atoms with Crippen molar-refractivity contribution in [2.45, 2.75) is 13.8 Å². The maximum Gasteiger partial charge on any atom is 0.337 e. The van der Waals surface area contributed by atoms with E-state index in [1.54, 1.807) is 31.2 Å². The summed E-state index contributed by atoms with van der Waals surface area (Å²) in [6, 6.07) is 8.22. The van der Waals surface area contributed by atoms with Crippen molar-refractivity contribution in [3.63, 3.8) is 0 Å². The van der Waals surface area contributed by atoms with E-state index >= 15 is 0 Å². The quantitative estimate of drug-likeness (QED) is 0.898. The van der Waals surface area contributed by atoms with E-state index in [0.717, 1.165) is 5.69 Å². The number of anilines is 1. The van der Waals surface area contributed by atoms with Gasteiger partial charge in [0.15, 0.2) is 0 Å². The summed E-state index contributed by atoms with van der Waals surface area (Å²) in [7, 11) is 0. The van der Waals surface area contributed by atoms with Gasteiger partial charge in [0.1, 0.15) is 0 Å². The van der Waals surface area contributed by atoms with E-state index in [1.165, 1.54) is 12.3 Å². The standard InChI is InChI=1S/C15H14N2O3/c1-9-4-3-5-12(15(19)20)13(9)17-14(18)11-7-6-10(2)16-8-11/h3-8H,1-2H3,(H,17,18)(H,19,20). The van der Waals surface area contributed by atoms with Crippen molar-refractivity contribution in [1.82, 2.24) is 4.98 Å². The molecule has 2 rings (SSSR count). The van der Waals surface area contributed by atoms with Crippen LogP contribution in [0.1, 0.15) is 32.0 Å². The second kappa shape index (κ2) is 5.52. The maximum absolute atomic E-state index is 12.1. The third kappa shape index (κ3) is 2.83. The average molecular weight is 270 g/mol. The monoisotopic (exact) mass is 270 g/mol. The van der Waals surface area contributed by atoms with E-state index < -0.39 is 5.97 Å². The first-order chi connectivity index (χ1) is 9.49. The Morgan fingerprint density at radius 3 is 2.50 bits per heavy atom. The van der Waals surface area contributed by atoms with Crippen LogP contribution >= 0.6 is 0 Å². The molecule has 5 heteroatoms. The second-order valence-electron chi connectivity index (χ2n) is 4.45. The molecule has 102 valence electrons. The Kier molecular flexibility index (Phi) is 3.79. The molecule has 0 aliphatic carbocycles. The number of amides is 1. The number of carbonyl (C=O) groups is 2. The summed E-state index contributed by atoms with van der Waals surface area (Å²) >= 11 is 0. The fourth-order valence-corrected chi connectivity index (χ4v) is 1.80. The Morgan fingerprint density at radius 1 is 1.15 bits per heavy atom. The fraction of sp³-hybridized carbons (Fsp3) is 0.133. The van der Waals surface area contributed by atoms with Crippen LogP contribution in [0.5, 0.6) is 0 Å². The van der Waals surface area contributed by atoms with E-state index in [1.807, 2.05) is 6.92 Å². The van der Waals surface area contributed by atoms with Crippen LogP contribution in [0.15, 0.2) is 36.5 Å². The van der Waals surface area contributed by atoms with Gasteiger partial charge >= 0.3 is 5.97 Å². The van der Waals surface area contributed by atoms with Crippen LogP contribution in [0, 0.1) is 13.8 Å². The zero-order valence-electron chi connectivity index (χ0n) is 11.2. The summed E-state index contributed by atoms with van der Waals surface area (Å²) in [5.41, 5.74) is 2.26. The summed E-state index contributed by atoms with van der Waals surface area (Å²) in [4.78, 5) is 27.3. The van der Waals surface area contributed by atoms with E-state index in [0.29, 0.717) is 16.8 Å². The Balaban J connectivity index is 2.32. The molecule has 0 aliphatic rings. The Labute approximate surface area is 116 Å². The number of carboxylic acid groups (broad SMARTS) is 1. The lowest BCUT2D eigenvalue weighted by molar-refractivity contribution is 0.0698. The molecule has 0 fully saturated rings. The number of para-hydroxylation sites is 1. The summed E-state index contributed by atoms with van der Waals surface area (Å²) in [5, 5.41) is 11.8. The lowest BCUT2D eigenvalue weighted by Gasteiger charge is -2.11. The Hall–Kier alpha value is -2.69. The molecular formula is C15H14N2O3. The van der Waals surface area contributed by atoms with Gasteiger partial charge in [0.25, 0.3) is 5.91 Å². The van der Waals surface area contributed by atoms with Gasteiger partial charge in [0.05, 0.1) is 16.8 Å². The Bertz CT molecular complexity index is 663. The molecule has 0 spiro atoms. The zero-order valence-corrected chi connectivity index (χ0v) is 11.2. The summed E-state index contributed by atoms with van der Waals surface area (Å²) in [6.45, 7) is 3.57. The number of benzene rings is 1.